The Morgan fingerprint density at radius 3 is 2.17 bits per heavy atom. The van der Waals surface area contributed by atoms with Crippen molar-refractivity contribution in [2.45, 2.75) is 13.0 Å². The van der Waals surface area contributed by atoms with Crippen LogP contribution in [0.1, 0.15) is 6.92 Å². The van der Waals surface area contributed by atoms with Gasteiger partial charge >= 0.3 is 0 Å². The van der Waals surface area contributed by atoms with Crippen LogP contribution in [-0.2, 0) is 14.4 Å². The standard InChI is InChI=1S/C7H7NO4/c1-4(9)7(12)8-5(10)2-3-6(8)11/h2-4,9H,1H3. The smallest absolute Gasteiger partial charge is 0.265 e. The zero-order valence-electron chi connectivity index (χ0n) is 6.35. The molecule has 0 fully saturated rings. The second kappa shape index (κ2) is 2.86. The predicted octanol–water partition coefficient (Wildman–Crippen LogP) is -1.18. The van der Waals surface area contributed by atoms with Crippen LogP contribution in [0.4, 0.5) is 0 Å². The van der Waals surface area contributed by atoms with Crippen molar-refractivity contribution >= 4 is 17.7 Å². The molecule has 1 atom stereocenters. The summed E-state index contributed by atoms with van der Waals surface area (Å²) in [4.78, 5) is 33.0. The van der Waals surface area contributed by atoms with Crippen LogP contribution >= 0.6 is 0 Å². The summed E-state index contributed by atoms with van der Waals surface area (Å²) in [6.07, 6.45) is 0.642. The first-order valence-corrected chi connectivity index (χ1v) is 3.32. The Labute approximate surface area is 68.3 Å². The second-order valence-corrected chi connectivity index (χ2v) is 2.36. The zero-order chi connectivity index (χ0) is 9.30. The van der Waals surface area contributed by atoms with Gasteiger partial charge in [-0.05, 0) is 6.92 Å². The molecule has 1 rings (SSSR count). The van der Waals surface area contributed by atoms with E-state index in [0.29, 0.717) is 4.90 Å². The molecule has 0 aromatic heterocycles. The molecule has 0 radical (unpaired) electrons. The molecule has 1 unspecified atom stereocenters. The molecule has 3 amide bonds. The molecule has 0 spiro atoms. The molecule has 1 heterocycles. The van der Waals surface area contributed by atoms with Crippen LogP contribution in [0.2, 0.25) is 0 Å². The summed E-state index contributed by atoms with van der Waals surface area (Å²) >= 11 is 0. The van der Waals surface area contributed by atoms with Crippen molar-refractivity contribution in [1.82, 2.24) is 4.90 Å². The lowest BCUT2D eigenvalue weighted by molar-refractivity contribution is -0.152. The van der Waals surface area contributed by atoms with Gasteiger partial charge in [0.1, 0.15) is 6.10 Å². The Balaban J connectivity index is 2.84. The van der Waals surface area contributed by atoms with Gasteiger partial charge in [0.15, 0.2) is 0 Å². The summed E-state index contributed by atoms with van der Waals surface area (Å²) in [7, 11) is 0. The highest BCUT2D eigenvalue weighted by Crippen LogP contribution is 2.05. The Hall–Kier alpha value is -1.49. The molecule has 0 aromatic rings. The molecule has 1 aliphatic rings. The average Bonchev–Trinajstić information content (AvgIpc) is 2.30. The number of hydrogen-bond donors (Lipinski definition) is 1. The van der Waals surface area contributed by atoms with Gasteiger partial charge in [0, 0.05) is 12.2 Å². The number of hydrogen-bond acceptors (Lipinski definition) is 4. The van der Waals surface area contributed by atoms with Gasteiger partial charge in [-0.15, -0.1) is 0 Å². The van der Waals surface area contributed by atoms with Crippen molar-refractivity contribution in [2.75, 3.05) is 0 Å². The van der Waals surface area contributed by atoms with Crippen molar-refractivity contribution in [3.63, 3.8) is 0 Å². The van der Waals surface area contributed by atoms with Gasteiger partial charge < -0.3 is 5.11 Å². The Kier molecular flexibility index (Phi) is 2.05. The maximum absolute atomic E-state index is 11.0. The third-order valence-electron chi connectivity index (χ3n) is 1.39. The maximum atomic E-state index is 11.0. The summed E-state index contributed by atoms with van der Waals surface area (Å²) in [5.74, 6) is -2.30. The minimum atomic E-state index is -1.34. The molecule has 64 valence electrons. The summed E-state index contributed by atoms with van der Waals surface area (Å²) in [5.41, 5.74) is 0. The molecule has 12 heavy (non-hydrogen) atoms. The predicted molar refractivity (Wildman–Crippen MR) is 37.7 cm³/mol. The second-order valence-electron chi connectivity index (χ2n) is 2.36. The van der Waals surface area contributed by atoms with E-state index in [1.165, 1.54) is 6.92 Å². The summed E-state index contributed by atoms with van der Waals surface area (Å²) < 4.78 is 0. The number of rotatable bonds is 1. The lowest BCUT2D eigenvalue weighted by Gasteiger charge is -2.12. The van der Waals surface area contributed by atoms with Crippen molar-refractivity contribution in [1.29, 1.82) is 0 Å². The van der Waals surface area contributed by atoms with Gasteiger partial charge in [-0.1, -0.05) is 0 Å². The topological polar surface area (TPSA) is 74.7 Å². The fourth-order valence-electron chi connectivity index (χ4n) is 0.804. The fraction of sp³-hybridized carbons (Fsp3) is 0.286. The average molecular weight is 169 g/mol. The highest BCUT2D eigenvalue weighted by Gasteiger charge is 2.32. The van der Waals surface area contributed by atoms with Gasteiger partial charge in [-0.3, -0.25) is 14.4 Å². The van der Waals surface area contributed by atoms with Crippen LogP contribution in [-0.4, -0.2) is 33.8 Å². The number of nitrogens with zero attached hydrogens (tertiary/aromatic N) is 1. The Bertz CT molecular complexity index is 261. The number of imide groups is 3. The van der Waals surface area contributed by atoms with Crippen LogP contribution < -0.4 is 0 Å². The third kappa shape index (κ3) is 1.26. The van der Waals surface area contributed by atoms with E-state index in [1.807, 2.05) is 0 Å². The molecule has 5 nitrogen and oxygen atoms in total. The van der Waals surface area contributed by atoms with Crippen molar-refractivity contribution in [3.05, 3.63) is 12.2 Å². The van der Waals surface area contributed by atoms with E-state index in [0.717, 1.165) is 12.2 Å². The molecule has 1 N–H and O–H groups in total. The Morgan fingerprint density at radius 2 is 1.83 bits per heavy atom. The van der Waals surface area contributed by atoms with Crippen LogP contribution in [0, 0.1) is 0 Å². The van der Waals surface area contributed by atoms with Gasteiger partial charge in [-0.2, -0.15) is 0 Å². The first-order chi connectivity index (χ1) is 5.54. The van der Waals surface area contributed by atoms with E-state index in [1.54, 1.807) is 0 Å². The third-order valence-corrected chi connectivity index (χ3v) is 1.39. The molecule has 0 bridgehead atoms. The molecule has 1 aliphatic heterocycles. The largest absolute Gasteiger partial charge is 0.384 e. The molecule has 0 saturated heterocycles. The lowest BCUT2D eigenvalue weighted by atomic mass is 10.3. The van der Waals surface area contributed by atoms with Gasteiger partial charge in [0.25, 0.3) is 17.7 Å². The summed E-state index contributed by atoms with van der Waals surface area (Å²) in [6, 6.07) is 0. The van der Waals surface area contributed by atoms with E-state index in [-0.39, 0.29) is 0 Å². The molecular formula is C7H7NO4. The quantitative estimate of drug-likeness (QED) is 0.501. The summed E-state index contributed by atoms with van der Waals surface area (Å²) in [6.45, 7) is 1.20. The number of carbonyl (C=O) groups excluding carboxylic acids is 3. The number of aliphatic hydroxyl groups is 1. The van der Waals surface area contributed by atoms with Crippen molar-refractivity contribution < 1.29 is 19.5 Å². The lowest BCUT2D eigenvalue weighted by Crippen LogP contribution is -2.41. The summed E-state index contributed by atoms with van der Waals surface area (Å²) in [5, 5.41) is 8.79. The van der Waals surface area contributed by atoms with Crippen LogP contribution in [0.5, 0.6) is 0 Å². The highest BCUT2D eigenvalue weighted by atomic mass is 16.3. The van der Waals surface area contributed by atoms with E-state index in [2.05, 4.69) is 0 Å². The Morgan fingerprint density at radius 1 is 1.42 bits per heavy atom. The first-order valence-electron chi connectivity index (χ1n) is 3.32. The number of aliphatic hydroxyl groups excluding tert-OH is 1. The van der Waals surface area contributed by atoms with Gasteiger partial charge in [0.2, 0.25) is 0 Å². The molecule has 5 heteroatoms. The van der Waals surface area contributed by atoms with E-state index < -0.39 is 23.8 Å². The highest BCUT2D eigenvalue weighted by molar-refractivity contribution is 6.23. The fourth-order valence-corrected chi connectivity index (χ4v) is 0.804. The van der Waals surface area contributed by atoms with Crippen LogP contribution in [0.15, 0.2) is 12.2 Å². The van der Waals surface area contributed by atoms with Crippen molar-refractivity contribution in [2.24, 2.45) is 0 Å². The van der Waals surface area contributed by atoms with Crippen LogP contribution in [0.3, 0.4) is 0 Å². The van der Waals surface area contributed by atoms with Crippen LogP contribution in [0.25, 0.3) is 0 Å². The molecule has 0 aliphatic carbocycles. The minimum Gasteiger partial charge on any atom is -0.384 e. The number of amides is 3. The molecular weight excluding hydrogens is 162 g/mol. The SMILES string of the molecule is CC(O)C(=O)N1C(=O)C=CC1=O. The van der Waals surface area contributed by atoms with Gasteiger partial charge in [-0.25, -0.2) is 4.90 Å². The van der Waals surface area contributed by atoms with Crippen molar-refractivity contribution in [3.8, 4) is 0 Å². The maximum Gasteiger partial charge on any atom is 0.265 e. The molecule has 0 saturated carbocycles. The van der Waals surface area contributed by atoms with E-state index in [4.69, 9.17) is 5.11 Å². The zero-order valence-corrected chi connectivity index (χ0v) is 6.35. The number of carbonyl (C=O) groups is 3. The molecule has 0 aromatic carbocycles. The minimum absolute atomic E-state index is 0.407. The van der Waals surface area contributed by atoms with E-state index >= 15 is 0 Å². The van der Waals surface area contributed by atoms with E-state index in [9.17, 15) is 14.4 Å². The normalized spacial score (nSPS) is 18.7. The monoisotopic (exact) mass is 169 g/mol. The first kappa shape index (κ1) is 8.61. The van der Waals surface area contributed by atoms with Gasteiger partial charge in [0.05, 0.1) is 0 Å².